The largest absolute Gasteiger partial charge is 0.396 e. The summed E-state index contributed by atoms with van der Waals surface area (Å²) in [6, 6.07) is 5.97. The first kappa shape index (κ1) is 18.5. The summed E-state index contributed by atoms with van der Waals surface area (Å²) in [6.07, 6.45) is 3.06. The Hall–Kier alpha value is -1.88. The van der Waals surface area contributed by atoms with Gasteiger partial charge in [-0.15, -0.1) is 0 Å². The Labute approximate surface area is 143 Å². The molecule has 1 unspecified atom stereocenters. The molecule has 1 aromatic carbocycles. The third kappa shape index (κ3) is 5.06. The number of aliphatic hydroxyl groups is 1. The highest BCUT2D eigenvalue weighted by Gasteiger charge is 2.25. The molecule has 2 amide bonds. The van der Waals surface area contributed by atoms with E-state index in [9.17, 15) is 9.59 Å². The van der Waals surface area contributed by atoms with Crippen LogP contribution in [0, 0.1) is 5.41 Å². The Balaban J connectivity index is 1.80. The molecular weight excluding hydrogens is 304 g/mol. The SMILES string of the molecule is CC(C)(C)C(CCO)NC(=O)CCCc1ccc2c(c1)CC(=O)N2. The van der Waals surface area contributed by atoms with Gasteiger partial charge < -0.3 is 15.7 Å². The van der Waals surface area contributed by atoms with Gasteiger partial charge in [-0.3, -0.25) is 9.59 Å². The molecule has 1 atom stereocenters. The lowest BCUT2D eigenvalue weighted by atomic mass is 9.85. The number of carbonyl (C=O) groups excluding carboxylic acids is 2. The second-order valence-corrected chi connectivity index (χ2v) is 7.57. The topological polar surface area (TPSA) is 78.4 Å². The highest BCUT2D eigenvalue weighted by Crippen LogP contribution is 2.25. The van der Waals surface area contributed by atoms with E-state index in [1.165, 1.54) is 0 Å². The van der Waals surface area contributed by atoms with Crippen molar-refractivity contribution in [3.8, 4) is 0 Å². The maximum Gasteiger partial charge on any atom is 0.228 e. The number of rotatable bonds is 7. The zero-order chi connectivity index (χ0) is 17.7. The van der Waals surface area contributed by atoms with E-state index >= 15 is 0 Å². The van der Waals surface area contributed by atoms with Crippen LogP contribution in [0.1, 0.15) is 51.2 Å². The molecule has 0 saturated carbocycles. The third-order valence-corrected chi connectivity index (χ3v) is 4.46. The fourth-order valence-electron chi connectivity index (χ4n) is 3.01. The molecular formula is C19H28N2O3. The van der Waals surface area contributed by atoms with E-state index in [1.807, 2.05) is 12.1 Å². The predicted octanol–water partition coefficient (Wildman–Crippen LogP) is 2.42. The Morgan fingerprint density at radius 1 is 1.38 bits per heavy atom. The number of benzene rings is 1. The van der Waals surface area contributed by atoms with Gasteiger partial charge in [-0.05, 0) is 41.9 Å². The summed E-state index contributed by atoms with van der Waals surface area (Å²) in [5.74, 6) is 0.0695. The van der Waals surface area contributed by atoms with Gasteiger partial charge in [-0.1, -0.05) is 32.9 Å². The molecule has 0 spiro atoms. The van der Waals surface area contributed by atoms with Crippen molar-refractivity contribution in [2.75, 3.05) is 11.9 Å². The number of anilines is 1. The molecule has 1 aliphatic rings. The van der Waals surface area contributed by atoms with E-state index in [-0.39, 0.29) is 29.9 Å². The molecule has 132 valence electrons. The van der Waals surface area contributed by atoms with Gasteiger partial charge in [-0.2, -0.15) is 0 Å². The number of hydrogen-bond donors (Lipinski definition) is 3. The van der Waals surface area contributed by atoms with Crippen LogP contribution >= 0.6 is 0 Å². The lowest BCUT2D eigenvalue weighted by Crippen LogP contribution is -2.44. The van der Waals surface area contributed by atoms with E-state index in [0.29, 0.717) is 19.3 Å². The monoisotopic (exact) mass is 332 g/mol. The number of hydrogen-bond acceptors (Lipinski definition) is 3. The van der Waals surface area contributed by atoms with Gasteiger partial charge in [0.15, 0.2) is 0 Å². The molecule has 2 rings (SSSR count). The summed E-state index contributed by atoms with van der Waals surface area (Å²) in [5, 5.41) is 15.0. The average Bonchev–Trinajstić information content (AvgIpc) is 2.85. The van der Waals surface area contributed by atoms with Crippen molar-refractivity contribution in [1.29, 1.82) is 0 Å². The van der Waals surface area contributed by atoms with Crippen molar-refractivity contribution in [2.45, 2.75) is 58.9 Å². The van der Waals surface area contributed by atoms with Crippen molar-refractivity contribution in [3.05, 3.63) is 29.3 Å². The Kier molecular flexibility index (Phi) is 5.99. The lowest BCUT2D eigenvalue weighted by molar-refractivity contribution is -0.122. The Morgan fingerprint density at radius 3 is 2.79 bits per heavy atom. The van der Waals surface area contributed by atoms with Gasteiger partial charge >= 0.3 is 0 Å². The van der Waals surface area contributed by atoms with Crippen LogP contribution in [0.3, 0.4) is 0 Å². The standard InChI is InChI=1S/C19H28N2O3/c1-19(2,3)16(9-10-22)21-17(23)6-4-5-13-7-8-15-14(11-13)12-18(24)20-15/h7-8,11,16,22H,4-6,9-10,12H2,1-3H3,(H,20,24)(H,21,23). The summed E-state index contributed by atoms with van der Waals surface area (Å²) < 4.78 is 0. The van der Waals surface area contributed by atoms with Crippen LogP contribution in [0.25, 0.3) is 0 Å². The smallest absolute Gasteiger partial charge is 0.228 e. The number of fused-ring (bicyclic) bond motifs is 1. The van der Waals surface area contributed by atoms with E-state index < -0.39 is 0 Å². The summed E-state index contributed by atoms with van der Waals surface area (Å²) in [4.78, 5) is 23.5. The zero-order valence-electron chi connectivity index (χ0n) is 14.8. The lowest BCUT2D eigenvalue weighted by Gasteiger charge is -2.31. The van der Waals surface area contributed by atoms with Crippen molar-refractivity contribution >= 4 is 17.5 Å². The zero-order valence-corrected chi connectivity index (χ0v) is 14.8. The van der Waals surface area contributed by atoms with Gasteiger partial charge in [0.1, 0.15) is 0 Å². The Morgan fingerprint density at radius 2 is 2.12 bits per heavy atom. The third-order valence-electron chi connectivity index (χ3n) is 4.46. The quantitative estimate of drug-likeness (QED) is 0.717. The Bertz CT molecular complexity index is 605. The van der Waals surface area contributed by atoms with Crippen LogP contribution in [-0.2, 0) is 22.4 Å². The number of carbonyl (C=O) groups is 2. The fraction of sp³-hybridized carbons (Fsp3) is 0.579. The fourth-order valence-corrected chi connectivity index (χ4v) is 3.01. The van der Waals surface area contributed by atoms with Crippen molar-refractivity contribution in [3.63, 3.8) is 0 Å². The van der Waals surface area contributed by atoms with Crippen molar-refractivity contribution < 1.29 is 14.7 Å². The van der Waals surface area contributed by atoms with Gasteiger partial charge in [0.05, 0.1) is 6.42 Å². The molecule has 5 heteroatoms. The number of nitrogens with one attached hydrogen (secondary N) is 2. The van der Waals surface area contributed by atoms with Crippen LogP contribution in [0.15, 0.2) is 18.2 Å². The molecule has 5 nitrogen and oxygen atoms in total. The summed E-state index contributed by atoms with van der Waals surface area (Å²) in [5.41, 5.74) is 3.02. The van der Waals surface area contributed by atoms with Gasteiger partial charge in [0.25, 0.3) is 0 Å². The maximum atomic E-state index is 12.1. The molecule has 0 aromatic heterocycles. The molecule has 1 heterocycles. The molecule has 0 radical (unpaired) electrons. The van der Waals surface area contributed by atoms with Crippen LogP contribution in [-0.4, -0.2) is 29.6 Å². The van der Waals surface area contributed by atoms with Crippen LogP contribution in [0.4, 0.5) is 5.69 Å². The van der Waals surface area contributed by atoms with Crippen LogP contribution < -0.4 is 10.6 Å². The van der Waals surface area contributed by atoms with Crippen LogP contribution in [0.2, 0.25) is 0 Å². The van der Waals surface area contributed by atoms with Gasteiger partial charge in [0.2, 0.25) is 11.8 Å². The molecule has 3 N–H and O–H groups in total. The minimum Gasteiger partial charge on any atom is -0.396 e. The minimum atomic E-state index is -0.0715. The minimum absolute atomic E-state index is 0.0212. The second kappa shape index (κ2) is 7.79. The molecule has 0 fully saturated rings. The summed E-state index contributed by atoms with van der Waals surface area (Å²) in [7, 11) is 0. The average molecular weight is 332 g/mol. The highest BCUT2D eigenvalue weighted by atomic mass is 16.3. The number of aryl methyl sites for hydroxylation is 1. The molecule has 0 bridgehead atoms. The predicted molar refractivity (Wildman–Crippen MR) is 94.8 cm³/mol. The summed E-state index contributed by atoms with van der Waals surface area (Å²) >= 11 is 0. The van der Waals surface area contributed by atoms with Crippen molar-refractivity contribution in [2.24, 2.45) is 5.41 Å². The first-order valence-electron chi connectivity index (χ1n) is 8.61. The maximum absolute atomic E-state index is 12.1. The van der Waals surface area contributed by atoms with E-state index in [4.69, 9.17) is 5.11 Å². The first-order chi connectivity index (χ1) is 11.3. The van der Waals surface area contributed by atoms with E-state index in [0.717, 1.165) is 29.7 Å². The molecule has 0 saturated heterocycles. The van der Waals surface area contributed by atoms with E-state index in [2.05, 4.69) is 37.5 Å². The second-order valence-electron chi connectivity index (χ2n) is 7.57. The number of amides is 2. The first-order valence-corrected chi connectivity index (χ1v) is 8.61. The van der Waals surface area contributed by atoms with Crippen LogP contribution in [0.5, 0.6) is 0 Å². The molecule has 24 heavy (non-hydrogen) atoms. The normalized spacial score (nSPS) is 14.9. The summed E-state index contributed by atoms with van der Waals surface area (Å²) in [6.45, 7) is 6.26. The van der Waals surface area contributed by atoms with Crippen molar-refractivity contribution in [1.82, 2.24) is 5.32 Å². The molecule has 0 aliphatic carbocycles. The molecule has 1 aliphatic heterocycles. The van der Waals surface area contributed by atoms with E-state index in [1.54, 1.807) is 0 Å². The van der Waals surface area contributed by atoms with Gasteiger partial charge in [-0.25, -0.2) is 0 Å². The van der Waals surface area contributed by atoms with Gasteiger partial charge in [0, 0.05) is 24.8 Å². The highest BCUT2D eigenvalue weighted by molar-refractivity contribution is 5.99. The molecule has 1 aromatic rings. The number of aliphatic hydroxyl groups excluding tert-OH is 1.